The number of aromatic nitrogens is 1. The van der Waals surface area contributed by atoms with Crippen LogP contribution in [-0.2, 0) is 10.0 Å². The van der Waals surface area contributed by atoms with Gasteiger partial charge in [0.15, 0.2) is 5.82 Å². The van der Waals surface area contributed by atoms with Crippen molar-refractivity contribution in [3.05, 3.63) is 58.5 Å². The third-order valence-corrected chi connectivity index (χ3v) is 5.59. The Morgan fingerprint density at radius 3 is 2.75 bits per heavy atom. The molecule has 24 heavy (non-hydrogen) atoms. The van der Waals surface area contributed by atoms with E-state index in [-0.39, 0.29) is 16.6 Å². The summed E-state index contributed by atoms with van der Waals surface area (Å²) in [5, 5.41) is 7.66. The molecule has 9 heteroatoms. The first-order chi connectivity index (χ1) is 11.5. The van der Waals surface area contributed by atoms with Crippen LogP contribution in [0.4, 0.5) is 11.5 Å². The quantitative estimate of drug-likeness (QED) is 0.725. The maximum atomic E-state index is 12.3. The van der Waals surface area contributed by atoms with Crippen LogP contribution >= 0.6 is 11.3 Å². The van der Waals surface area contributed by atoms with Crippen molar-refractivity contribution < 1.29 is 17.7 Å². The van der Waals surface area contributed by atoms with E-state index in [1.165, 1.54) is 23.8 Å². The van der Waals surface area contributed by atoms with Crippen LogP contribution < -0.4 is 10.0 Å². The topological polar surface area (TPSA) is 101 Å². The van der Waals surface area contributed by atoms with Gasteiger partial charge in [0, 0.05) is 17.1 Å². The Morgan fingerprint density at radius 1 is 1.25 bits per heavy atom. The first-order valence-corrected chi connectivity index (χ1v) is 9.21. The second-order valence-corrected chi connectivity index (χ2v) is 7.50. The predicted molar refractivity (Wildman–Crippen MR) is 90.8 cm³/mol. The monoisotopic (exact) mass is 363 g/mol. The van der Waals surface area contributed by atoms with E-state index in [2.05, 4.69) is 19.7 Å². The molecule has 124 valence electrons. The molecule has 0 aliphatic rings. The van der Waals surface area contributed by atoms with Gasteiger partial charge in [-0.2, -0.15) is 0 Å². The van der Waals surface area contributed by atoms with Crippen LogP contribution in [-0.4, -0.2) is 19.5 Å². The SMILES string of the molecule is Cc1ccccc1NC(=O)c1cc(S(=O)(=O)Nc2ccon2)cs1. The number of aryl methyl sites for hydroxylation is 1. The molecule has 0 bridgehead atoms. The van der Waals surface area contributed by atoms with Crippen LogP contribution in [0.3, 0.4) is 0 Å². The molecule has 3 aromatic rings. The van der Waals surface area contributed by atoms with Gasteiger partial charge >= 0.3 is 0 Å². The number of nitrogens with one attached hydrogen (secondary N) is 2. The van der Waals surface area contributed by atoms with Crippen molar-refractivity contribution >= 4 is 38.8 Å². The molecule has 0 saturated carbocycles. The summed E-state index contributed by atoms with van der Waals surface area (Å²) < 4.78 is 31.3. The van der Waals surface area contributed by atoms with Crippen molar-refractivity contribution in [1.82, 2.24) is 5.16 Å². The predicted octanol–water partition coefficient (Wildman–Crippen LogP) is 3.10. The Morgan fingerprint density at radius 2 is 2.04 bits per heavy atom. The molecule has 2 heterocycles. The molecule has 2 N–H and O–H groups in total. The number of nitrogens with zero attached hydrogens (tertiary/aromatic N) is 1. The molecule has 0 atom stereocenters. The number of carbonyl (C=O) groups is 1. The van der Waals surface area contributed by atoms with Crippen molar-refractivity contribution in [2.24, 2.45) is 0 Å². The Kier molecular flexibility index (Phi) is 4.36. The number of sulfonamides is 1. The number of thiophene rings is 1. The number of rotatable bonds is 5. The number of anilines is 2. The van der Waals surface area contributed by atoms with Gasteiger partial charge in [-0.05, 0) is 24.6 Å². The summed E-state index contributed by atoms with van der Waals surface area (Å²) in [5.74, 6) is -0.288. The zero-order chi connectivity index (χ0) is 17.2. The van der Waals surface area contributed by atoms with Crippen molar-refractivity contribution in [2.75, 3.05) is 10.0 Å². The third kappa shape index (κ3) is 3.47. The van der Waals surface area contributed by atoms with Gasteiger partial charge in [-0.3, -0.25) is 9.52 Å². The average molecular weight is 363 g/mol. The lowest BCUT2D eigenvalue weighted by Gasteiger charge is -2.06. The van der Waals surface area contributed by atoms with E-state index in [4.69, 9.17) is 0 Å². The minimum absolute atomic E-state index is 0.00886. The highest BCUT2D eigenvalue weighted by molar-refractivity contribution is 7.92. The molecule has 0 saturated heterocycles. The van der Waals surface area contributed by atoms with E-state index in [0.29, 0.717) is 10.6 Å². The highest BCUT2D eigenvalue weighted by atomic mass is 32.2. The van der Waals surface area contributed by atoms with E-state index in [1.807, 2.05) is 25.1 Å². The van der Waals surface area contributed by atoms with Crippen molar-refractivity contribution in [2.45, 2.75) is 11.8 Å². The van der Waals surface area contributed by atoms with Gasteiger partial charge in [0.1, 0.15) is 6.26 Å². The number of benzene rings is 1. The van der Waals surface area contributed by atoms with Gasteiger partial charge in [-0.15, -0.1) is 11.3 Å². The lowest BCUT2D eigenvalue weighted by molar-refractivity contribution is 0.103. The highest BCUT2D eigenvalue weighted by Gasteiger charge is 2.20. The van der Waals surface area contributed by atoms with E-state index in [9.17, 15) is 13.2 Å². The summed E-state index contributed by atoms with van der Waals surface area (Å²) in [6, 6.07) is 10.0. The molecule has 0 aliphatic carbocycles. The van der Waals surface area contributed by atoms with Crippen LogP contribution in [0.5, 0.6) is 0 Å². The first kappa shape index (κ1) is 16.2. The first-order valence-electron chi connectivity index (χ1n) is 6.84. The van der Waals surface area contributed by atoms with Gasteiger partial charge in [-0.1, -0.05) is 23.4 Å². The summed E-state index contributed by atoms with van der Waals surface area (Å²) in [4.78, 5) is 12.6. The van der Waals surface area contributed by atoms with Gasteiger partial charge in [0.2, 0.25) is 0 Å². The fourth-order valence-corrected chi connectivity index (χ4v) is 4.10. The number of hydrogen-bond acceptors (Lipinski definition) is 6. The van der Waals surface area contributed by atoms with Crippen LogP contribution in [0.2, 0.25) is 0 Å². The summed E-state index contributed by atoms with van der Waals surface area (Å²) >= 11 is 1.05. The molecule has 1 amide bonds. The van der Waals surface area contributed by atoms with E-state index in [0.717, 1.165) is 16.9 Å². The minimum atomic E-state index is -3.82. The zero-order valence-corrected chi connectivity index (χ0v) is 14.1. The molecule has 1 aromatic carbocycles. The number of carbonyl (C=O) groups excluding carboxylic acids is 1. The lowest BCUT2D eigenvalue weighted by atomic mass is 10.2. The second-order valence-electron chi connectivity index (χ2n) is 4.91. The molecule has 0 fully saturated rings. The molecular formula is C15H13N3O4S2. The summed E-state index contributed by atoms with van der Waals surface area (Å²) in [5.41, 5.74) is 1.60. The molecule has 0 radical (unpaired) electrons. The van der Waals surface area contributed by atoms with Gasteiger partial charge in [0.25, 0.3) is 15.9 Å². The number of para-hydroxylation sites is 1. The van der Waals surface area contributed by atoms with Gasteiger partial charge < -0.3 is 9.84 Å². The van der Waals surface area contributed by atoms with E-state index in [1.54, 1.807) is 6.07 Å². The molecule has 2 aromatic heterocycles. The van der Waals surface area contributed by atoms with Crippen LogP contribution in [0, 0.1) is 6.92 Å². The number of hydrogen-bond donors (Lipinski definition) is 2. The Labute approximate surface area is 142 Å². The minimum Gasteiger partial charge on any atom is -0.363 e. The molecule has 0 spiro atoms. The molecule has 3 rings (SSSR count). The summed E-state index contributed by atoms with van der Waals surface area (Å²) in [7, 11) is -3.82. The van der Waals surface area contributed by atoms with E-state index >= 15 is 0 Å². The fourth-order valence-electron chi connectivity index (χ4n) is 1.94. The van der Waals surface area contributed by atoms with Crippen LogP contribution in [0.1, 0.15) is 15.2 Å². The van der Waals surface area contributed by atoms with Crippen molar-refractivity contribution in [1.29, 1.82) is 0 Å². The Hall–Kier alpha value is -2.65. The van der Waals surface area contributed by atoms with Crippen LogP contribution in [0.25, 0.3) is 0 Å². The standard InChI is InChI=1S/C15H13N3O4S2/c1-10-4-2-3-5-12(10)16-15(19)13-8-11(9-23-13)24(20,21)18-14-6-7-22-17-14/h2-9H,1H3,(H,16,19)(H,17,18). The van der Waals surface area contributed by atoms with E-state index < -0.39 is 10.0 Å². The Balaban J connectivity index is 1.77. The summed E-state index contributed by atoms with van der Waals surface area (Å²) in [6.45, 7) is 1.88. The van der Waals surface area contributed by atoms with Gasteiger partial charge in [-0.25, -0.2) is 8.42 Å². The smallest absolute Gasteiger partial charge is 0.265 e. The molecule has 7 nitrogen and oxygen atoms in total. The fraction of sp³-hybridized carbons (Fsp3) is 0.0667. The second kappa shape index (κ2) is 6.46. The maximum absolute atomic E-state index is 12.3. The molecular weight excluding hydrogens is 350 g/mol. The maximum Gasteiger partial charge on any atom is 0.265 e. The van der Waals surface area contributed by atoms with Crippen molar-refractivity contribution in [3.63, 3.8) is 0 Å². The van der Waals surface area contributed by atoms with Crippen LogP contribution in [0.15, 0.2) is 57.5 Å². The van der Waals surface area contributed by atoms with Crippen molar-refractivity contribution in [3.8, 4) is 0 Å². The average Bonchev–Trinajstić information content (AvgIpc) is 3.20. The lowest BCUT2D eigenvalue weighted by Crippen LogP contribution is -2.13. The summed E-state index contributed by atoms with van der Waals surface area (Å²) in [6.07, 6.45) is 1.26. The van der Waals surface area contributed by atoms with Gasteiger partial charge in [0.05, 0.1) is 9.77 Å². The third-order valence-electron chi connectivity index (χ3n) is 3.18. The molecule has 0 unspecified atom stereocenters. The number of amides is 1. The Bertz CT molecular complexity index is 962. The zero-order valence-electron chi connectivity index (χ0n) is 12.5. The normalized spacial score (nSPS) is 11.2. The largest absolute Gasteiger partial charge is 0.363 e. The molecule has 0 aliphatic heterocycles. The highest BCUT2D eigenvalue weighted by Crippen LogP contribution is 2.23.